The van der Waals surface area contributed by atoms with Gasteiger partial charge >= 0.3 is 6.09 Å². The number of piperidine rings is 1. The zero-order valence-electron chi connectivity index (χ0n) is 7.74. The molecule has 4 heteroatoms. The largest absolute Gasteiger partial charge is 0.445 e. The third kappa shape index (κ3) is 3.06. The summed E-state index contributed by atoms with van der Waals surface area (Å²) in [7, 11) is 0. The highest BCUT2D eigenvalue weighted by atomic mass is 16.6. The number of carbonyl (C=O) groups excluding carboxylic acids is 1. The maximum Gasteiger partial charge on any atom is 0.410 e. The van der Waals surface area contributed by atoms with Crippen molar-refractivity contribution < 1.29 is 9.53 Å². The van der Waals surface area contributed by atoms with E-state index in [1.54, 1.807) is 11.0 Å². The molecule has 0 bridgehead atoms. The van der Waals surface area contributed by atoms with E-state index >= 15 is 0 Å². The molecule has 1 atom stereocenters. The topological polar surface area (TPSA) is 55.6 Å². The van der Waals surface area contributed by atoms with Crippen LogP contribution in [0, 0.1) is 0 Å². The number of carbonyl (C=O) groups is 1. The molecule has 0 aliphatic carbocycles. The molecule has 13 heavy (non-hydrogen) atoms. The Labute approximate surface area is 78.3 Å². The minimum absolute atomic E-state index is 0.102. The van der Waals surface area contributed by atoms with E-state index in [0.29, 0.717) is 6.54 Å². The molecule has 74 valence electrons. The first kappa shape index (κ1) is 10.1. The van der Waals surface area contributed by atoms with Gasteiger partial charge in [-0.25, -0.2) is 4.79 Å². The van der Waals surface area contributed by atoms with Gasteiger partial charge in [0.05, 0.1) is 0 Å². The van der Waals surface area contributed by atoms with Crippen molar-refractivity contribution in [2.75, 3.05) is 19.7 Å². The smallest absolute Gasteiger partial charge is 0.410 e. The number of hydrogen-bond donors (Lipinski definition) is 1. The first-order chi connectivity index (χ1) is 6.24. The highest BCUT2D eigenvalue weighted by Crippen LogP contribution is 2.09. The van der Waals surface area contributed by atoms with Crippen molar-refractivity contribution in [2.45, 2.75) is 18.9 Å². The van der Waals surface area contributed by atoms with Crippen molar-refractivity contribution in [3.8, 4) is 0 Å². The average Bonchev–Trinajstić information content (AvgIpc) is 2.14. The molecule has 0 aromatic carbocycles. The SMILES string of the molecule is C=CCOC(=O)N1CCCC(N)C1. The van der Waals surface area contributed by atoms with Gasteiger partial charge in [-0.15, -0.1) is 0 Å². The summed E-state index contributed by atoms with van der Waals surface area (Å²) in [6, 6.07) is 0.102. The second-order valence-corrected chi connectivity index (χ2v) is 3.21. The predicted octanol–water partition coefficient (Wildman–Crippen LogP) is 0.732. The molecule has 1 saturated heterocycles. The van der Waals surface area contributed by atoms with E-state index in [0.717, 1.165) is 19.4 Å². The Hall–Kier alpha value is -1.03. The van der Waals surface area contributed by atoms with E-state index in [4.69, 9.17) is 10.5 Å². The Morgan fingerprint density at radius 2 is 2.54 bits per heavy atom. The average molecular weight is 184 g/mol. The quantitative estimate of drug-likeness (QED) is 0.644. The van der Waals surface area contributed by atoms with Crippen molar-refractivity contribution in [2.24, 2.45) is 5.73 Å². The van der Waals surface area contributed by atoms with E-state index < -0.39 is 0 Å². The van der Waals surface area contributed by atoms with Gasteiger partial charge in [-0.1, -0.05) is 12.7 Å². The summed E-state index contributed by atoms with van der Waals surface area (Å²) < 4.78 is 4.89. The molecule has 1 unspecified atom stereocenters. The van der Waals surface area contributed by atoms with Gasteiger partial charge < -0.3 is 15.4 Å². The normalized spacial score (nSPS) is 22.5. The van der Waals surface area contributed by atoms with Gasteiger partial charge in [0.25, 0.3) is 0 Å². The van der Waals surface area contributed by atoms with Gasteiger partial charge in [-0.2, -0.15) is 0 Å². The molecular formula is C9H16N2O2. The summed E-state index contributed by atoms with van der Waals surface area (Å²) in [4.78, 5) is 13.0. The molecule has 1 aliphatic rings. The fourth-order valence-electron chi connectivity index (χ4n) is 1.40. The molecule has 1 rings (SSSR count). The van der Waals surface area contributed by atoms with Crippen LogP contribution in [0.2, 0.25) is 0 Å². The van der Waals surface area contributed by atoms with Gasteiger partial charge in [0.15, 0.2) is 0 Å². The molecule has 0 spiro atoms. The van der Waals surface area contributed by atoms with Crippen LogP contribution < -0.4 is 5.73 Å². The first-order valence-electron chi connectivity index (χ1n) is 4.52. The van der Waals surface area contributed by atoms with Crippen LogP contribution in [-0.4, -0.2) is 36.7 Å². The summed E-state index contributed by atoms with van der Waals surface area (Å²) in [6.07, 6.45) is 3.23. The van der Waals surface area contributed by atoms with Crippen molar-refractivity contribution in [1.29, 1.82) is 0 Å². The zero-order valence-corrected chi connectivity index (χ0v) is 7.74. The molecule has 1 fully saturated rings. The third-order valence-electron chi connectivity index (χ3n) is 2.04. The maximum atomic E-state index is 11.3. The van der Waals surface area contributed by atoms with Crippen molar-refractivity contribution in [1.82, 2.24) is 4.90 Å². The van der Waals surface area contributed by atoms with Crippen LogP contribution in [0.4, 0.5) is 4.79 Å². The Kier molecular flexibility index (Phi) is 3.76. The lowest BCUT2D eigenvalue weighted by atomic mass is 10.1. The van der Waals surface area contributed by atoms with Crippen LogP contribution in [0.15, 0.2) is 12.7 Å². The number of nitrogens with zero attached hydrogens (tertiary/aromatic N) is 1. The number of likely N-dealkylation sites (tertiary alicyclic amines) is 1. The molecule has 0 aromatic heterocycles. The van der Waals surface area contributed by atoms with E-state index in [2.05, 4.69) is 6.58 Å². The van der Waals surface area contributed by atoms with Crippen LogP contribution >= 0.6 is 0 Å². The standard InChI is InChI=1S/C9H16N2O2/c1-2-6-13-9(12)11-5-3-4-8(10)7-11/h2,8H,1,3-7,10H2. The van der Waals surface area contributed by atoms with Crippen molar-refractivity contribution in [3.05, 3.63) is 12.7 Å². The Balaban J connectivity index is 2.32. The van der Waals surface area contributed by atoms with Crippen molar-refractivity contribution >= 4 is 6.09 Å². The molecule has 1 aliphatic heterocycles. The van der Waals surface area contributed by atoms with Gasteiger partial charge in [0, 0.05) is 19.1 Å². The molecule has 4 nitrogen and oxygen atoms in total. The molecule has 1 amide bonds. The molecule has 0 aromatic rings. The summed E-state index contributed by atoms with van der Waals surface area (Å²) >= 11 is 0. The lowest BCUT2D eigenvalue weighted by Crippen LogP contribution is -2.45. The summed E-state index contributed by atoms with van der Waals surface area (Å²) in [6.45, 7) is 5.10. The number of hydrogen-bond acceptors (Lipinski definition) is 3. The highest BCUT2D eigenvalue weighted by molar-refractivity contribution is 5.67. The first-order valence-corrected chi connectivity index (χ1v) is 4.52. The lowest BCUT2D eigenvalue weighted by molar-refractivity contribution is 0.101. The monoisotopic (exact) mass is 184 g/mol. The molecular weight excluding hydrogens is 168 g/mol. The molecule has 2 N–H and O–H groups in total. The maximum absolute atomic E-state index is 11.3. The second kappa shape index (κ2) is 4.87. The fraction of sp³-hybridized carbons (Fsp3) is 0.667. The minimum atomic E-state index is -0.282. The van der Waals surface area contributed by atoms with Crippen LogP contribution in [0.1, 0.15) is 12.8 Å². The molecule has 1 heterocycles. The minimum Gasteiger partial charge on any atom is -0.445 e. The number of nitrogens with two attached hydrogens (primary N) is 1. The second-order valence-electron chi connectivity index (χ2n) is 3.21. The number of rotatable bonds is 2. The van der Waals surface area contributed by atoms with Crippen LogP contribution in [0.5, 0.6) is 0 Å². The summed E-state index contributed by atoms with van der Waals surface area (Å²) in [5, 5.41) is 0. The molecule has 0 radical (unpaired) electrons. The summed E-state index contributed by atoms with van der Waals surface area (Å²) in [5.74, 6) is 0. The lowest BCUT2D eigenvalue weighted by Gasteiger charge is -2.29. The highest BCUT2D eigenvalue weighted by Gasteiger charge is 2.21. The Morgan fingerprint density at radius 1 is 1.77 bits per heavy atom. The van der Waals surface area contributed by atoms with Crippen molar-refractivity contribution in [3.63, 3.8) is 0 Å². The van der Waals surface area contributed by atoms with E-state index in [-0.39, 0.29) is 18.7 Å². The van der Waals surface area contributed by atoms with Crippen LogP contribution in [0.25, 0.3) is 0 Å². The Morgan fingerprint density at radius 3 is 3.15 bits per heavy atom. The van der Waals surface area contributed by atoms with E-state index in [9.17, 15) is 4.79 Å². The number of amides is 1. The van der Waals surface area contributed by atoms with Gasteiger partial charge in [0.2, 0.25) is 0 Å². The van der Waals surface area contributed by atoms with E-state index in [1.807, 2.05) is 0 Å². The van der Waals surface area contributed by atoms with Crippen LogP contribution in [0.3, 0.4) is 0 Å². The predicted molar refractivity (Wildman–Crippen MR) is 50.3 cm³/mol. The van der Waals surface area contributed by atoms with Crippen LogP contribution in [-0.2, 0) is 4.74 Å². The van der Waals surface area contributed by atoms with Gasteiger partial charge in [-0.05, 0) is 12.8 Å². The zero-order chi connectivity index (χ0) is 9.68. The van der Waals surface area contributed by atoms with Gasteiger partial charge in [-0.3, -0.25) is 0 Å². The number of ether oxygens (including phenoxy) is 1. The van der Waals surface area contributed by atoms with Gasteiger partial charge in [0.1, 0.15) is 6.61 Å². The van der Waals surface area contributed by atoms with E-state index in [1.165, 1.54) is 0 Å². The fourth-order valence-corrected chi connectivity index (χ4v) is 1.40. The summed E-state index contributed by atoms with van der Waals surface area (Å²) in [5.41, 5.74) is 5.72. The third-order valence-corrected chi connectivity index (χ3v) is 2.04. The molecule has 0 saturated carbocycles. The Bertz CT molecular complexity index is 194.